The lowest BCUT2D eigenvalue weighted by Gasteiger charge is -2.35. The summed E-state index contributed by atoms with van der Waals surface area (Å²) in [5.74, 6) is 2.31. The van der Waals surface area contributed by atoms with E-state index >= 15 is 0 Å². The van der Waals surface area contributed by atoms with Crippen LogP contribution in [0.4, 0.5) is 0 Å². The molecule has 0 N–H and O–H groups in total. The summed E-state index contributed by atoms with van der Waals surface area (Å²) in [6.45, 7) is 2.08. The summed E-state index contributed by atoms with van der Waals surface area (Å²) in [5, 5.41) is 0. The molecule has 0 atom stereocenters. The first kappa shape index (κ1) is 12.7. The van der Waals surface area contributed by atoms with Crippen molar-refractivity contribution < 1.29 is 0 Å². The second-order valence-electron chi connectivity index (χ2n) is 5.74. The Morgan fingerprint density at radius 2 is 1.12 bits per heavy atom. The Labute approximate surface area is 106 Å². The van der Waals surface area contributed by atoms with Crippen LogP contribution in [0.1, 0.15) is 56.9 Å². The Morgan fingerprint density at radius 3 is 1.41 bits per heavy atom. The molecule has 0 radical (unpaired) electrons. The fourth-order valence-electron chi connectivity index (χ4n) is 3.39. The van der Waals surface area contributed by atoms with E-state index in [9.17, 15) is 0 Å². The molecule has 2 fully saturated rings. The van der Waals surface area contributed by atoms with Crippen molar-refractivity contribution >= 4 is 0 Å². The van der Waals surface area contributed by atoms with Gasteiger partial charge in [-0.15, -0.1) is 0 Å². The van der Waals surface area contributed by atoms with Gasteiger partial charge >= 0.3 is 0 Å². The minimum atomic E-state index is 1.16. The number of hydrogen-bond donors (Lipinski definition) is 0. The number of aryl methyl sites for hydroxylation is 1. The van der Waals surface area contributed by atoms with Crippen molar-refractivity contribution in [3.8, 4) is 0 Å². The van der Waals surface area contributed by atoms with Crippen LogP contribution in [-0.2, 0) is 0 Å². The maximum absolute atomic E-state index is 2.08. The fourth-order valence-corrected chi connectivity index (χ4v) is 3.39. The zero-order chi connectivity index (χ0) is 11.9. The monoisotopic (exact) mass is 230 g/mol. The van der Waals surface area contributed by atoms with Gasteiger partial charge in [0, 0.05) is 0 Å². The molecule has 94 valence electrons. The van der Waals surface area contributed by atoms with E-state index in [1.165, 1.54) is 31.2 Å². The quantitative estimate of drug-likeness (QED) is 0.562. The molecule has 0 saturated heterocycles. The lowest BCUT2D eigenvalue weighted by Crippen LogP contribution is -2.22. The van der Waals surface area contributed by atoms with Crippen LogP contribution >= 0.6 is 0 Å². The van der Waals surface area contributed by atoms with Crippen molar-refractivity contribution in [1.82, 2.24) is 0 Å². The standard InChI is InChI=1S/C10H18.C7H8/c1-2-6-10-8-4-3-7-9(10)5-1;1-7-5-3-2-4-6-7/h9-10H,1-8H2;2-6H,1H3. The second-order valence-corrected chi connectivity index (χ2v) is 5.74. The van der Waals surface area contributed by atoms with Gasteiger partial charge in [0.1, 0.15) is 0 Å². The fraction of sp³-hybridized carbons (Fsp3) is 0.647. The van der Waals surface area contributed by atoms with Gasteiger partial charge in [-0.1, -0.05) is 87.3 Å². The van der Waals surface area contributed by atoms with Gasteiger partial charge in [0.25, 0.3) is 0 Å². The van der Waals surface area contributed by atoms with Gasteiger partial charge in [-0.3, -0.25) is 0 Å². The molecule has 2 saturated carbocycles. The smallest absolute Gasteiger partial charge is 0.0386 e. The number of benzene rings is 1. The number of hydrogen-bond acceptors (Lipinski definition) is 0. The van der Waals surface area contributed by atoms with Gasteiger partial charge in [0.2, 0.25) is 0 Å². The topological polar surface area (TPSA) is 0 Å². The van der Waals surface area contributed by atoms with Crippen LogP contribution in [0.2, 0.25) is 0 Å². The molecular formula is C17H26. The van der Waals surface area contributed by atoms with E-state index in [0.29, 0.717) is 0 Å². The summed E-state index contributed by atoms with van der Waals surface area (Å²) in [6.07, 6.45) is 12.4. The minimum Gasteiger partial charge on any atom is -0.0622 e. The van der Waals surface area contributed by atoms with E-state index in [2.05, 4.69) is 19.1 Å². The van der Waals surface area contributed by atoms with Crippen molar-refractivity contribution in [3.63, 3.8) is 0 Å². The summed E-state index contributed by atoms with van der Waals surface area (Å²) in [4.78, 5) is 0. The zero-order valence-electron chi connectivity index (χ0n) is 11.2. The predicted molar refractivity (Wildman–Crippen MR) is 75.1 cm³/mol. The van der Waals surface area contributed by atoms with Gasteiger partial charge in [0.05, 0.1) is 0 Å². The van der Waals surface area contributed by atoms with Crippen molar-refractivity contribution in [1.29, 1.82) is 0 Å². The molecule has 0 nitrogen and oxygen atoms in total. The van der Waals surface area contributed by atoms with Gasteiger partial charge in [-0.25, -0.2) is 0 Å². The molecule has 0 spiro atoms. The summed E-state index contributed by atoms with van der Waals surface area (Å²) < 4.78 is 0. The summed E-state index contributed by atoms with van der Waals surface area (Å²) in [6, 6.07) is 10.3. The summed E-state index contributed by atoms with van der Waals surface area (Å²) in [5.41, 5.74) is 1.32. The highest BCUT2D eigenvalue weighted by molar-refractivity contribution is 5.11. The third-order valence-electron chi connectivity index (χ3n) is 4.41. The van der Waals surface area contributed by atoms with Crippen LogP contribution in [0, 0.1) is 18.8 Å². The molecule has 2 aliphatic carbocycles. The Balaban J connectivity index is 0.000000136. The van der Waals surface area contributed by atoms with Gasteiger partial charge in [-0.05, 0) is 18.8 Å². The lowest BCUT2D eigenvalue weighted by atomic mass is 9.71. The van der Waals surface area contributed by atoms with Crippen LogP contribution in [0.15, 0.2) is 30.3 Å². The minimum absolute atomic E-state index is 1.16. The number of fused-ring (bicyclic) bond motifs is 1. The van der Waals surface area contributed by atoms with Crippen molar-refractivity contribution in [2.75, 3.05) is 0 Å². The van der Waals surface area contributed by atoms with Gasteiger partial charge in [0.15, 0.2) is 0 Å². The van der Waals surface area contributed by atoms with Crippen molar-refractivity contribution in [3.05, 3.63) is 35.9 Å². The highest BCUT2D eigenvalue weighted by atomic mass is 14.3. The largest absolute Gasteiger partial charge is 0.0622 e. The molecule has 0 heteroatoms. The molecule has 3 rings (SSSR count). The van der Waals surface area contributed by atoms with E-state index in [-0.39, 0.29) is 0 Å². The third-order valence-corrected chi connectivity index (χ3v) is 4.41. The van der Waals surface area contributed by atoms with Crippen LogP contribution in [0.3, 0.4) is 0 Å². The molecular weight excluding hydrogens is 204 g/mol. The average molecular weight is 230 g/mol. The molecule has 17 heavy (non-hydrogen) atoms. The Kier molecular flexibility index (Phi) is 5.09. The zero-order valence-corrected chi connectivity index (χ0v) is 11.2. The van der Waals surface area contributed by atoms with Crippen LogP contribution in [0.5, 0.6) is 0 Å². The predicted octanol–water partition coefficient (Wildman–Crippen LogP) is 5.36. The number of rotatable bonds is 0. The highest BCUT2D eigenvalue weighted by Gasteiger charge is 2.26. The first-order chi connectivity index (χ1) is 8.36. The van der Waals surface area contributed by atoms with Crippen molar-refractivity contribution in [2.24, 2.45) is 11.8 Å². The molecule has 1 aromatic rings. The Morgan fingerprint density at radius 1 is 0.706 bits per heavy atom. The van der Waals surface area contributed by atoms with Gasteiger partial charge in [-0.2, -0.15) is 0 Å². The average Bonchev–Trinajstić information content (AvgIpc) is 2.41. The van der Waals surface area contributed by atoms with Crippen molar-refractivity contribution in [2.45, 2.75) is 58.3 Å². The SMILES string of the molecule is C1CCC2CCCCC2C1.Cc1ccccc1. The van der Waals surface area contributed by atoms with E-state index in [4.69, 9.17) is 0 Å². The molecule has 0 amide bonds. The first-order valence-electron chi connectivity index (χ1n) is 7.38. The van der Waals surface area contributed by atoms with Gasteiger partial charge < -0.3 is 0 Å². The molecule has 2 aliphatic rings. The van der Waals surface area contributed by atoms with E-state index in [1.807, 2.05) is 18.2 Å². The van der Waals surface area contributed by atoms with E-state index in [0.717, 1.165) is 11.8 Å². The normalized spacial score (nSPS) is 27.6. The molecule has 1 aromatic carbocycles. The Bertz CT molecular complexity index is 275. The third kappa shape index (κ3) is 4.18. The van der Waals surface area contributed by atoms with E-state index in [1.54, 1.807) is 25.7 Å². The van der Waals surface area contributed by atoms with Crippen LogP contribution < -0.4 is 0 Å². The molecule has 0 heterocycles. The molecule has 0 unspecified atom stereocenters. The second kappa shape index (κ2) is 6.83. The molecule has 0 bridgehead atoms. The molecule has 0 aliphatic heterocycles. The maximum Gasteiger partial charge on any atom is -0.0386 e. The Hall–Kier alpha value is -0.780. The highest BCUT2D eigenvalue weighted by Crippen LogP contribution is 2.39. The van der Waals surface area contributed by atoms with Crippen LogP contribution in [0.25, 0.3) is 0 Å². The lowest BCUT2D eigenvalue weighted by molar-refractivity contribution is 0.171. The first-order valence-corrected chi connectivity index (χ1v) is 7.38. The summed E-state index contributed by atoms with van der Waals surface area (Å²) >= 11 is 0. The van der Waals surface area contributed by atoms with Crippen LogP contribution in [-0.4, -0.2) is 0 Å². The van der Waals surface area contributed by atoms with E-state index < -0.39 is 0 Å². The molecule has 0 aromatic heterocycles. The maximum atomic E-state index is 2.08. The summed E-state index contributed by atoms with van der Waals surface area (Å²) in [7, 11) is 0.